The van der Waals surface area contributed by atoms with Crippen LogP contribution in [0, 0.1) is 5.92 Å². The first-order chi connectivity index (χ1) is 11.2. The predicted molar refractivity (Wildman–Crippen MR) is 81.4 cm³/mol. The lowest BCUT2D eigenvalue weighted by Gasteiger charge is -2.16. The number of aliphatic hydroxyl groups is 1. The average Bonchev–Trinajstić information content (AvgIpc) is 2.88. The van der Waals surface area contributed by atoms with Crippen LogP contribution in [-0.2, 0) is 11.0 Å². The van der Waals surface area contributed by atoms with E-state index in [1.165, 1.54) is 13.0 Å². The number of nitrogens with one attached hydrogen (secondary N) is 2. The Hall–Kier alpha value is -2.09. The highest BCUT2D eigenvalue weighted by Gasteiger charge is 2.32. The Morgan fingerprint density at radius 3 is 2.50 bits per heavy atom. The maximum absolute atomic E-state index is 13.0. The fraction of sp³-hybridized carbons (Fsp3) is 0.500. The molecule has 0 heterocycles. The molecule has 0 aromatic heterocycles. The number of hydrogen-bond acceptors (Lipinski definition) is 3. The van der Waals surface area contributed by atoms with Crippen LogP contribution in [0.5, 0.6) is 0 Å². The third-order valence-electron chi connectivity index (χ3n) is 3.99. The molecule has 2 atom stereocenters. The first-order valence-electron chi connectivity index (χ1n) is 7.63. The van der Waals surface area contributed by atoms with E-state index in [0.29, 0.717) is 6.42 Å². The van der Waals surface area contributed by atoms with Gasteiger partial charge < -0.3 is 15.7 Å². The Bertz CT molecular complexity index is 631. The van der Waals surface area contributed by atoms with E-state index in [-0.39, 0.29) is 23.7 Å². The second-order valence-corrected chi connectivity index (χ2v) is 5.95. The van der Waals surface area contributed by atoms with Crippen LogP contribution in [0.25, 0.3) is 0 Å². The largest absolute Gasteiger partial charge is 0.416 e. The molecule has 2 rings (SSSR count). The molecule has 3 N–H and O–H groups in total. The SMILES string of the molecule is CC(=O)Nc1cc(C(=O)NC[C@@H]2CCC[C@@H]2O)cc(C(F)(F)F)c1. The molecule has 0 spiro atoms. The van der Waals surface area contributed by atoms with Gasteiger partial charge in [-0.05, 0) is 31.0 Å². The molecule has 132 valence electrons. The van der Waals surface area contributed by atoms with Crippen molar-refractivity contribution >= 4 is 17.5 Å². The van der Waals surface area contributed by atoms with E-state index in [0.717, 1.165) is 25.0 Å². The van der Waals surface area contributed by atoms with Crippen LogP contribution in [0.2, 0.25) is 0 Å². The molecule has 0 radical (unpaired) electrons. The van der Waals surface area contributed by atoms with Gasteiger partial charge in [0.25, 0.3) is 5.91 Å². The van der Waals surface area contributed by atoms with Crippen LogP contribution >= 0.6 is 0 Å². The second-order valence-electron chi connectivity index (χ2n) is 5.95. The quantitative estimate of drug-likeness (QED) is 0.785. The highest BCUT2D eigenvalue weighted by molar-refractivity contribution is 5.97. The zero-order chi connectivity index (χ0) is 17.9. The van der Waals surface area contributed by atoms with Crippen molar-refractivity contribution in [3.05, 3.63) is 29.3 Å². The fourth-order valence-electron chi connectivity index (χ4n) is 2.78. The zero-order valence-electron chi connectivity index (χ0n) is 13.1. The average molecular weight is 344 g/mol. The van der Waals surface area contributed by atoms with E-state index < -0.39 is 29.7 Å². The van der Waals surface area contributed by atoms with E-state index in [1.54, 1.807) is 0 Å². The molecule has 1 aromatic carbocycles. The number of hydrogen-bond donors (Lipinski definition) is 3. The van der Waals surface area contributed by atoms with Gasteiger partial charge >= 0.3 is 6.18 Å². The molecule has 0 aliphatic heterocycles. The molecule has 0 bridgehead atoms. The summed E-state index contributed by atoms with van der Waals surface area (Å²) in [5.74, 6) is -1.30. The number of carbonyl (C=O) groups excluding carboxylic acids is 2. The number of rotatable bonds is 4. The summed E-state index contributed by atoms with van der Waals surface area (Å²) in [5.41, 5.74) is -1.30. The summed E-state index contributed by atoms with van der Waals surface area (Å²) in [4.78, 5) is 23.2. The maximum atomic E-state index is 13.0. The van der Waals surface area contributed by atoms with Gasteiger partial charge in [-0.2, -0.15) is 13.2 Å². The van der Waals surface area contributed by atoms with Gasteiger partial charge in [0.1, 0.15) is 0 Å². The molecule has 2 amide bonds. The van der Waals surface area contributed by atoms with Gasteiger partial charge in [0.05, 0.1) is 11.7 Å². The minimum absolute atomic E-state index is 0.0884. The van der Waals surface area contributed by atoms with Crippen LogP contribution in [-0.4, -0.2) is 29.6 Å². The molecule has 1 aromatic rings. The molecule has 24 heavy (non-hydrogen) atoms. The van der Waals surface area contributed by atoms with Gasteiger partial charge in [0.15, 0.2) is 0 Å². The number of carbonyl (C=O) groups is 2. The van der Waals surface area contributed by atoms with Crippen LogP contribution in [0.15, 0.2) is 18.2 Å². The molecular weight excluding hydrogens is 325 g/mol. The molecule has 1 fully saturated rings. The lowest BCUT2D eigenvalue weighted by Crippen LogP contribution is -2.32. The van der Waals surface area contributed by atoms with Crippen molar-refractivity contribution in [1.82, 2.24) is 5.32 Å². The number of aliphatic hydroxyl groups excluding tert-OH is 1. The second kappa shape index (κ2) is 7.21. The fourth-order valence-corrected chi connectivity index (χ4v) is 2.78. The molecular formula is C16H19F3N2O3. The number of alkyl halides is 3. The number of anilines is 1. The van der Waals surface area contributed by atoms with Gasteiger partial charge in [0, 0.05) is 30.6 Å². The first-order valence-corrected chi connectivity index (χ1v) is 7.63. The van der Waals surface area contributed by atoms with Gasteiger partial charge in [-0.25, -0.2) is 0 Å². The van der Waals surface area contributed by atoms with Gasteiger partial charge in [-0.15, -0.1) is 0 Å². The van der Waals surface area contributed by atoms with Crippen molar-refractivity contribution in [3.8, 4) is 0 Å². The Morgan fingerprint density at radius 2 is 1.96 bits per heavy atom. The van der Waals surface area contributed by atoms with E-state index >= 15 is 0 Å². The van der Waals surface area contributed by atoms with Gasteiger partial charge in [-0.1, -0.05) is 6.42 Å². The highest BCUT2D eigenvalue weighted by atomic mass is 19.4. The summed E-state index contributed by atoms with van der Waals surface area (Å²) < 4.78 is 38.9. The van der Waals surface area contributed by atoms with Crippen molar-refractivity contribution in [2.24, 2.45) is 5.92 Å². The lowest BCUT2D eigenvalue weighted by molar-refractivity contribution is -0.137. The highest BCUT2D eigenvalue weighted by Crippen LogP contribution is 2.32. The molecule has 0 saturated heterocycles. The van der Waals surface area contributed by atoms with E-state index in [1.807, 2.05) is 0 Å². The number of benzene rings is 1. The molecule has 5 nitrogen and oxygen atoms in total. The summed E-state index contributed by atoms with van der Waals surface area (Å²) >= 11 is 0. The molecule has 1 aliphatic rings. The lowest BCUT2D eigenvalue weighted by atomic mass is 10.1. The van der Waals surface area contributed by atoms with Crippen molar-refractivity contribution in [3.63, 3.8) is 0 Å². The Kier molecular flexibility index (Phi) is 5.48. The van der Waals surface area contributed by atoms with Crippen LogP contribution in [0.3, 0.4) is 0 Å². The molecule has 1 saturated carbocycles. The predicted octanol–water partition coefficient (Wildman–Crippen LogP) is 2.55. The van der Waals surface area contributed by atoms with Crippen LogP contribution in [0.4, 0.5) is 18.9 Å². The molecule has 0 unspecified atom stereocenters. The van der Waals surface area contributed by atoms with E-state index in [2.05, 4.69) is 10.6 Å². The zero-order valence-corrected chi connectivity index (χ0v) is 13.1. The third kappa shape index (κ3) is 4.70. The maximum Gasteiger partial charge on any atom is 0.416 e. The summed E-state index contributed by atoms with van der Waals surface area (Å²) in [7, 11) is 0. The van der Waals surface area contributed by atoms with Crippen molar-refractivity contribution in [2.45, 2.75) is 38.5 Å². The van der Waals surface area contributed by atoms with E-state index in [4.69, 9.17) is 0 Å². The molecule has 1 aliphatic carbocycles. The smallest absolute Gasteiger partial charge is 0.393 e. The van der Waals surface area contributed by atoms with Crippen LogP contribution < -0.4 is 10.6 Å². The monoisotopic (exact) mass is 344 g/mol. The topological polar surface area (TPSA) is 78.4 Å². The van der Waals surface area contributed by atoms with Crippen molar-refractivity contribution in [2.75, 3.05) is 11.9 Å². The van der Waals surface area contributed by atoms with Gasteiger partial charge in [-0.3, -0.25) is 9.59 Å². The number of halogens is 3. The summed E-state index contributed by atoms with van der Waals surface area (Å²) in [6.07, 6.45) is -2.84. The minimum atomic E-state index is -4.63. The van der Waals surface area contributed by atoms with E-state index in [9.17, 15) is 27.9 Å². The number of amides is 2. The molecule has 8 heteroatoms. The van der Waals surface area contributed by atoms with Crippen molar-refractivity contribution in [1.29, 1.82) is 0 Å². The Balaban J connectivity index is 2.17. The summed E-state index contributed by atoms with van der Waals surface area (Å²) in [6.45, 7) is 1.37. The minimum Gasteiger partial charge on any atom is -0.393 e. The van der Waals surface area contributed by atoms with Gasteiger partial charge in [0.2, 0.25) is 5.91 Å². The first kappa shape index (κ1) is 18.3. The summed E-state index contributed by atoms with van der Waals surface area (Å²) in [5, 5.41) is 14.5. The van der Waals surface area contributed by atoms with Crippen molar-refractivity contribution < 1.29 is 27.9 Å². The van der Waals surface area contributed by atoms with Crippen LogP contribution in [0.1, 0.15) is 42.1 Å². The normalized spacial score (nSPS) is 20.7. The Labute approximate surface area is 137 Å². The summed E-state index contributed by atoms with van der Waals surface area (Å²) in [6, 6.07) is 2.71. The Morgan fingerprint density at radius 1 is 1.25 bits per heavy atom. The third-order valence-corrected chi connectivity index (χ3v) is 3.99. The standard InChI is InChI=1S/C16H19F3N2O3/c1-9(22)21-13-6-11(5-12(7-13)16(17,18)19)15(24)20-8-10-3-2-4-14(10)23/h5-7,10,14,23H,2-4,8H2,1H3,(H,20,24)(H,21,22)/t10-,14-/m0/s1.